The van der Waals surface area contributed by atoms with E-state index in [1.165, 1.54) is 0 Å². The highest BCUT2D eigenvalue weighted by molar-refractivity contribution is 5.90. The summed E-state index contributed by atoms with van der Waals surface area (Å²) in [5.74, 6) is -1.66. The number of carbonyl (C=O) groups is 1. The van der Waals surface area contributed by atoms with Crippen LogP contribution in [0.25, 0.3) is 0 Å². The summed E-state index contributed by atoms with van der Waals surface area (Å²) in [4.78, 5) is 10.9. The zero-order valence-electron chi connectivity index (χ0n) is 9.61. The van der Waals surface area contributed by atoms with Gasteiger partial charge >= 0.3 is 0 Å². The van der Waals surface area contributed by atoms with Crippen LogP contribution < -0.4 is 11.1 Å². The monoisotopic (exact) mass is 216 g/mol. The molecule has 0 aromatic carbocycles. The second-order valence-electron chi connectivity index (χ2n) is 4.11. The van der Waals surface area contributed by atoms with Crippen molar-refractivity contribution in [3.8, 4) is 0 Å². The number of hydrogen-bond acceptors (Lipinski definition) is 2. The van der Waals surface area contributed by atoms with Crippen LogP contribution >= 0.6 is 0 Å². The Labute approximate surface area is 90.9 Å². The summed E-state index contributed by atoms with van der Waals surface area (Å²) in [5.41, 5.74) is 5.63. The molecule has 88 valence electrons. The van der Waals surface area contributed by atoms with Gasteiger partial charge in [0, 0.05) is 6.54 Å². The number of nitrogens with one attached hydrogen (secondary N) is 1. The minimum Gasteiger partial charge on any atom is -0.350 e. The van der Waals surface area contributed by atoms with Gasteiger partial charge in [0.05, 0.1) is 0 Å². The minimum absolute atomic E-state index is 0.125. The fourth-order valence-electron chi connectivity index (χ4n) is 1.40. The van der Waals surface area contributed by atoms with E-state index in [2.05, 4.69) is 25.7 Å². The van der Waals surface area contributed by atoms with Gasteiger partial charge in [-0.05, 0) is 24.8 Å². The second-order valence-corrected chi connectivity index (χ2v) is 4.11. The van der Waals surface area contributed by atoms with Gasteiger partial charge in [0.25, 0.3) is 5.91 Å². The molecule has 0 bridgehead atoms. The quantitative estimate of drug-likeness (QED) is 0.637. The zero-order chi connectivity index (χ0) is 11.9. The van der Waals surface area contributed by atoms with Crippen molar-refractivity contribution in [1.82, 2.24) is 5.32 Å². The van der Waals surface area contributed by atoms with Gasteiger partial charge in [0.15, 0.2) is 5.83 Å². The lowest BCUT2D eigenvalue weighted by Gasteiger charge is -2.27. The number of halogens is 1. The van der Waals surface area contributed by atoms with Crippen LogP contribution in [0.1, 0.15) is 33.1 Å². The topological polar surface area (TPSA) is 55.1 Å². The molecule has 15 heavy (non-hydrogen) atoms. The summed E-state index contributed by atoms with van der Waals surface area (Å²) in [6.45, 7) is 8.24. The highest BCUT2D eigenvalue weighted by Crippen LogP contribution is 2.28. The van der Waals surface area contributed by atoms with E-state index in [1.807, 2.05) is 0 Å². The van der Waals surface area contributed by atoms with Crippen LogP contribution in [0, 0.1) is 5.41 Å². The maximum atomic E-state index is 12.3. The first-order valence-corrected chi connectivity index (χ1v) is 5.28. The number of carbonyl (C=O) groups excluding carboxylic acids is 1. The van der Waals surface area contributed by atoms with E-state index in [9.17, 15) is 9.18 Å². The summed E-state index contributed by atoms with van der Waals surface area (Å²) in [5, 5.41) is 2.48. The predicted octanol–water partition coefficient (Wildman–Crippen LogP) is 1.74. The maximum absolute atomic E-state index is 12.3. The first-order chi connectivity index (χ1) is 6.95. The van der Waals surface area contributed by atoms with Gasteiger partial charge in [-0.3, -0.25) is 4.79 Å². The van der Waals surface area contributed by atoms with Crippen LogP contribution in [-0.2, 0) is 4.79 Å². The number of amides is 1. The molecular formula is C11H21FN2O. The Bertz CT molecular complexity index is 231. The molecule has 0 aliphatic rings. The Balaban J connectivity index is 3.91. The van der Waals surface area contributed by atoms with Crippen molar-refractivity contribution in [3.05, 3.63) is 12.4 Å². The molecule has 0 aromatic heterocycles. The van der Waals surface area contributed by atoms with Crippen LogP contribution in [0.3, 0.4) is 0 Å². The van der Waals surface area contributed by atoms with Gasteiger partial charge in [-0.25, -0.2) is 4.39 Å². The highest BCUT2D eigenvalue weighted by Gasteiger charge is 2.20. The molecule has 1 atom stereocenters. The molecule has 0 spiro atoms. The van der Waals surface area contributed by atoms with Gasteiger partial charge in [-0.15, -0.1) is 0 Å². The smallest absolute Gasteiger partial charge is 0.279 e. The van der Waals surface area contributed by atoms with Crippen molar-refractivity contribution in [2.75, 3.05) is 13.1 Å². The summed E-state index contributed by atoms with van der Waals surface area (Å²) in [6.07, 6.45) is 2.71. The third kappa shape index (κ3) is 5.52. The molecule has 0 aromatic rings. The van der Waals surface area contributed by atoms with E-state index >= 15 is 0 Å². The van der Waals surface area contributed by atoms with E-state index in [-0.39, 0.29) is 5.41 Å². The van der Waals surface area contributed by atoms with Gasteiger partial charge in [-0.1, -0.05) is 26.8 Å². The fraction of sp³-hybridized carbons (Fsp3) is 0.727. The predicted molar refractivity (Wildman–Crippen MR) is 59.9 cm³/mol. The molecule has 3 nitrogen and oxygen atoms in total. The molecule has 0 heterocycles. The molecule has 3 N–H and O–H groups in total. The second kappa shape index (κ2) is 6.56. The van der Waals surface area contributed by atoms with E-state index in [0.29, 0.717) is 13.1 Å². The van der Waals surface area contributed by atoms with Crippen molar-refractivity contribution < 1.29 is 9.18 Å². The fourth-order valence-corrected chi connectivity index (χ4v) is 1.40. The molecule has 4 heteroatoms. The largest absolute Gasteiger partial charge is 0.350 e. The standard InChI is InChI=1S/C11H21FN2O/c1-4-11(3,5-7-13)6-8-14-10(15)9(2)12/h2,4-8,13H2,1,3H3,(H,14,15). The highest BCUT2D eigenvalue weighted by atomic mass is 19.1. The van der Waals surface area contributed by atoms with Crippen molar-refractivity contribution in [2.45, 2.75) is 33.1 Å². The summed E-state index contributed by atoms with van der Waals surface area (Å²) in [6, 6.07) is 0. The molecular weight excluding hydrogens is 195 g/mol. The lowest BCUT2D eigenvalue weighted by atomic mass is 9.81. The van der Waals surface area contributed by atoms with Gasteiger partial charge in [0.2, 0.25) is 0 Å². The Kier molecular flexibility index (Phi) is 6.17. The van der Waals surface area contributed by atoms with Crippen molar-refractivity contribution in [1.29, 1.82) is 0 Å². The molecule has 0 rings (SSSR count). The normalized spacial score (nSPS) is 14.4. The van der Waals surface area contributed by atoms with Crippen LogP contribution in [0.4, 0.5) is 4.39 Å². The molecule has 1 unspecified atom stereocenters. The number of hydrogen-bond donors (Lipinski definition) is 2. The molecule has 1 amide bonds. The van der Waals surface area contributed by atoms with Crippen LogP contribution in [0.2, 0.25) is 0 Å². The molecule has 0 aliphatic carbocycles. The first kappa shape index (κ1) is 14.1. The lowest BCUT2D eigenvalue weighted by molar-refractivity contribution is -0.118. The van der Waals surface area contributed by atoms with Gasteiger partial charge in [0.1, 0.15) is 0 Å². The average molecular weight is 216 g/mol. The number of nitrogens with two attached hydrogens (primary N) is 1. The number of rotatable bonds is 7. The molecule has 0 radical (unpaired) electrons. The summed E-state index contributed by atoms with van der Waals surface area (Å²) < 4.78 is 12.3. The Morgan fingerprint density at radius 1 is 1.53 bits per heavy atom. The zero-order valence-corrected chi connectivity index (χ0v) is 9.61. The molecule has 0 saturated heterocycles. The maximum Gasteiger partial charge on any atom is 0.279 e. The van der Waals surface area contributed by atoms with E-state index in [0.717, 1.165) is 19.3 Å². The Hall–Kier alpha value is -0.900. The molecule has 0 aliphatic heterocycles. The van der Waals surface area contributed by atoms with E-state index in [4.69, 9.17) is 5.73 Å². The Morgan fingerprint density at radius 3 is 2.53 bits per heavy atom. The molecule has 0 fully saturated rings. The Morgan fingerprint density at radius 2 is 2.13 bits per heavy atom. The van der Waals surface area contributed by atoms with Crippen LogP contribution in [0.5, 0.6) is 0 Å². The SMILES string of the molecule is C=C(F)C(=O)NCCC(C)(CC)CCN. The molecule has 0 saturated carbocycles. The van der Waals surface area contributed by atoms with Gasteiger partial charge in [-0.2, -0.15) is 0 Å². The third-order valence-electron chi connectivity index (χ3n) is 2.86. The lowest BCUT2D eigenvalue weighted by Crippen LogP contribution is -2.30. The average Bonchev–Trinajstić information content (AvgIpc) is 2.18. The van der Waals surface area contributed by atoms with Crippen LogP contribution in [0.15, 0.2) is 12.4 Å². The van der Waals surface area contributed by atoms with Gasteiger partial charge < -0.3 is 11.1 Å². The van der Waals surface area contributed by atoms with Crippen molar-refractivity contribution in [2.24, 2.45) is 11.1 Å². The van der Waals surface area contributed by atoms with E-state index < -0.39 is 11.7 Å². The van der Waals surface area contributed by atoms with E-state index in [1.54, 1.807) is 0 Å². The minimum atomic E-state index is -0.938. The summed E-state index contributed by atoms with van der Waals surface area (Å²) >= 11 is 0. The van der Waals surface area contributed by atoms with Crippen LogP contribution in [-0.4, -0.2) is 19.0 Å². The van der Waals surface area contributed by atoms with Crippen molar-refractivity contribution in [3.63, 3.8) is 0 Å². The third-order valence-corrected chi connectivity index (χ3v) is 2.86. The summed E-state index contributed by atoms with van der Waals surface area (Å²) in [7, 11) is 0. The first-order valence-electron chi connectivity index (χ1n) is 5.28. The van der Waals surface area contributed by atoms with Crippen molar-refractivity contribution >= 4 is 5.91 Å².